The molecule has 6 aromatic carbocycles. The summed E-state index contributed by atoms with van der Waals surface area (Å²) in [6.07, 6.45) is 17.1. The van der Waals surface area contributed by atoms with E-state index in [2.05, 4.69) is 174 Å². The molecule has 3 heterocycles. The van der Waals surface area contributed by atoms with E-state index in [1.165, 1.54) is 58.9 Å². The normalized spacial score (nSPS) is 15.5. The summed E-state index contributed by atoms with van der Waals surface area (Å²) >= 11 is 1.89. The molecule has 4 heteroatoms. The minimum Gasteiger partial charge on any atom is -0.308 e. The largest absolute Gasteiger partial charge is 0.308 e. The van der Waals surface area contributed by atoms with E-state index in [9.17, 15) is 0 Å². The monoisotopic (exact) mass is 735 g/mol. The Hall–Kier alpha value is -6.62. The summed E-state index contributed by atoms with van der Waals surface area (Å²) < 4.78 is 5.11. The first-order chi connectivity index (χ1) is 27.8. The van der Waals surface area contributed by atoms with Crippen LogP contribution in [0.4, 0.5) is 0 Å². The predicted molar refractivity (Wildman–Crippen MR) is 237 cm³/mol. The molecule has 0 saturated heterocycles. The van der Waals surface area contributed by atoms with Gasteiger partial charge in [0, 0.05) is 48.9 Å². The second-order valence-corrected chi connectivity index (χ2v) is 15.9. The molecule has 0 radical (unpaired) electrons. The number of hydrogen-bond acceptors (Lipinski definition) is 3. The molecular formula is C52H37N3S. The van der Waals surface area contributed by atoms with Crippen LogP contribution < -0.4 is 0 Å². The lowest BCUT2D eigenvalue weighted by atomic mass is 9.82. The van der Waals surface area contributed by atoms with Crippen molar-refractivity contribution in [2.75, 3.05) is 0 Å². The van der Waals surface area contributed by atoms with E-state index < -0.39 is 0 Å². The van der Waals surface area contributed by atoms with Gasteiger partial charge in [0.25, 0.3) is 0 Å². The molecule has 2 aliphatic carbocycles. The fourth-order valence-corrected chi connectivity index (χ4v) is 9.98. The van der Waals surface area contributed by atoms with Crippen LogP contribution in [0.1, 0.15) is 24.8 Å². The summed E-state index contributed by atoms with van der Waals surface area (Å²) in [6, 6.07) is 52.3. The van der Waals surface area contributed by atoms with Gasteiger partial charge in [-0.25, -0.2) is 9.97 Å². The van der Waals surface area contributed by atoms with Gasteiger partial charge in [0.1, 0.15) is 0 Å². The Morgan fingerprint density at radius 1 is 0.589 bits per heavy atom. The van der Waals surface area contributed by atoms with Gasteiger partial charge in [0.2, 0.25) is 0 Å². The molecular weight excluding hydrogens is 699 g/mol. The minimum atomic E-state index is 0.420. The van der Waals surface area contributed by atoms with Crippen molar-refractivity contribution in [3.05, 3.63) is 193 Å². The predicted octanol–water partition coefficient (Wildman–Crippen LogP) is 14.2. The van der Waals surface area contributed by atoms with Gasteiger partial charge >= 0.3 is 0 Å². The van der Waals surface area contributed by atoms with E-state index in [4.69, 9.17) is 9.97 Å². The molecule has 3 nitrogen and oxygen atoms in total. The van der Waals surface area contributed by atoms with Crippen LogP contribution in [0.5, 0.6) is 0 Å². The van der Waals surface area contributed by atoms with Crippen LogP contribution in [0, 0.1) is 5.92 Å². The number of allylic oxidation sites excluding steroid dienone is 8. The van der Waals surface area contributed by atoms with Gasteiger partial charge < -0.3 is 4.57 Å². The van der Waals surface area contributed by atoms with Gasteiger partial charge in [-0.05, 0) is 66.8 Å². The summed E-state index contributed by atoms with van der Waals surface area (Å²) in [6.45, 7) is 0. The molecule has 266 valence electrons. The first-order valence-electron chi connectivity index (χ1n) is 19.5. The van der Waals surface area contributed by atoms with E-state index in [-0.39, 0.29) is 0 Å². The van der Waals surface area contributed by atoms with Crippen molar-refractivity contribution in [2.45, 2.75) is 19.3 Å². The van der Waals surface area contributed by atoms with Crippen molar-refractivity contribution in [2.24, 2.45) is 5.92 Å². The number of aromatic nitrogens is 3. The molecule has 0 fully saturated rings. The third-order valence-corrected chi connectivity index (χ3v) is 12.7. The molecule has 0 amide bonds. The maximum Gasteiger partial charge on any atom is 0.160 e. The average Bonchev–Trinajstić information content (AvgIpc) is 3.83. The second-order valence-electron chi connectivity index (χ2n) is 14.8. The first kappa shape index (κ1) is 32.8. The quantitative estimate of drug-likeness (QED) is 0.170. The molecule has 0 saturated carbocycles. The van der Waals surface area contributed by atoms with Crippen molar-refractivity contribution in [1.82, 2.24) is 14.5 Å². The number of rotatable bonds is 6. The van der Waals surface area contributed by atoms with Crippen molar-refractivity contribution in [3.63, 3.8) is 0 Å². The third kappa shape index (κ3) is 5.56. The number of benzene rings is 6. The number of thiophene rings is 1. The van der Waals surface area contributed by atoms with E-state index in [1.54, 1.807) is 0 Å². The van der Waals surface area contributed by atoms with Gasteiger partial charge in [-0.1, -0.05) is 151 Å². The van der Waals surface area contributed by atoms with Crippen molar-refractivity contribution >= 4 is 58.9 Å². The van der Waals surface area contributed by atoms with Crippen LogP contribution >= 0.6 is 11.3 Å². The number of para-hydroxylation sites is 1. The van der Waals surface area contributed by atoms with E-state index in [0.717, 1.165) is 58.7 Å². The van der Waals surface area contributed by atoms with Crippen molar-refractivity contribution in [1.29, 1.82) is 0 Å². The molecule has 9 aromatic rings. The highest BCUT2D eigenvalue weighted by Gasteiger charge is 2.23. The van der Waals surface area contributed by atoms with Crippen LogP contribution in [-0.4, -0.2) is 14.5 Å². The summed E-state index contributed by atoms with van der Waals surface area (Å²) in [7, 11) is 0. The molecule has 0 aliphatic heterocycles. The molecule has 0 bridgehead atoms. The molecule has 3 aromatic heterocycles. The van der Waals surface area contributed by atoms with Gasteiger partial charge in [-0.3, -0.25) is 0 Å². The van der Waals surface area contributed by atoms with Gasteiger partial charge in [0.05, 0.1) is 32.8 Å². The summed E-state index contributed by atoms with van der Waals surface area (Å²) in [4.78, 5) is 10.4. The zero-order chi connectivity index (χ0) is 37.0. The number of fused-ring (bicyclic) bond motifs is 6. The summed E-state index contributed by atoms with van der Waals surface area (Å²) in [5, 5.41) is 5.01. The molecule has 1 atom stereocenters. The SMILES string of the molecule is C1=CCCC(C2C=CC=C(c3cc(-n4c5ccccc5c5c(-c6cc(-c7ccccc7)nc(-c7ccccc7)n6)cccc54)c4sc5ccccc5c4c3)C2)=C1. The lowest BCUT2D eigenvalue weighted by Crippen LogP contribution is -2.07. The van der Waals surface area contributed by atoms with Gasteiger partial charge in [-0.2, -0.15) is 0 Å². The molecule has 56 heavy (non-hydrogen) atoms. The van der Waals surface area contributed by atoms with Gasteiger partial charge in [-0.15, -0.1) is 11.3 Å². The summed E-state index contributed by atoms with van der Waals surface area (Å²) in [5.74, 6) is 1.14. The molecule has 11 rings (SSSR count). The number of hydrogen-bond donors (Lipinski definition) is 0. The zero-order valence-corrected chi connectivity index (χ0v) is 31.6. The van der Waals surface area contributed by atoms with Gasteiger partial charge in [0.15, 0.2) is 5.82 Å². The fourth-order valence-electron chi connectivity index (χ4n) is 8.79. The molecule has 2 aliphatic rings. The highest BCUT2D eigenvalue weighted by molar-refractivity contribution is 7.26. The Morgan fingerprint density at radius 2 is 1.34 bits per heavy atom. The smallest absolute Gasteiger partial charge is 0.160 e. The molecule has 0 spiro atoms. The average molecular weight is 736 g/mol. The van der Waals surface area contributed by atoms with E-state index >= 15 is 0 Å². The third-order valence-electron chi connectivity index (χ3n) is 11.5. The molecule has 0 N–H and O–H groups in total. The van der Waals surface area contributed by atoms with Crippen molar-refractivity contribution < 1.29 is 0 Å². The first-order valence-corrected chi connectivity index (χ1v) is 20.3. The second kappa shape index (κ2) is 13.6. The van der Waals surface area contributed by atoms with Crippen LogP contribution in [0.25, 0.3) is 87.1 Å². The van der Waals surface area contributed by atoms with Crippen molar-refractivity contribution in [3.8, 4) is 39.6 Å². The minimum absolute atomic E-state index is 0.420. The number of nitrogens with zero attached hydrogens (tertiary/aromatic N) is 3. The lowest BCUT2D eigenvalue weighted by Gasteiger charge is -2.23. The van der Waals surface area contributed by atoms with Crippen LogP contribution in [0.3, 0.4) is 0 Å². The Balaban J connectivity index is 1.16. The Kier molecular flexibility index (Phi) is 7.96. The Bertz CT molecular complexity index is 3050. The highest BCUT2D eigenvalue weighted by Crippen LogP contribution is 2.45. The van der Waals surface area contributed by atoms with E-state index in [1.807, 2.05) is 23.5 Å². The fraction of sp³-hybridized carbons (Fsp3) is 0.0769. The maximum absolute atomic E-state index is 5.30. The molecule has 1 unspecified atom stereocenters. The van der Waals surface area contributed by atoms with Crippen LogP contribution in [-0.2, 0) is 0 Å². The zero-order valence-electron chi connectivity index (χ0n) is 30.8. The Morgan fingerprint density at radius 3 is 2.18 bits per heavy atom. The van der Waals surface area contributed by atoms with Crippen LogP contribution in [0.15, 0.2) is 188 Å². The van der Waals surface area contributed by atoms with Crippen LogP contribution in [0.2, 0.25) is 0 Å². The highest BCUT2D eigenvalue weighted by atomic mass is 32.1. The Labute approximate surface area is 329 Å². The van der Waals surface area contributed by atoms with E-state index in [0.29, 0.717) is 5.92 Å². The maximum atomic E-state index is 5.30. The topological polar surface area (TPSA) is 30.7 Å². The summed E-state index contributed by atoms with van der Waals surface area (Å²) in [5.41, 5.74) is 12.7. The standard InChI is InChI=1S/C52H37N3S/c1-4-16-34(17-5-1)37-22-14-23-38(30-37)39-31-43-40-24-11-13-29-49(40)56-51(43)48(32-39)55-46-27-12-10-25-42(46)50-41(26-15-28-47(50)55)45-33-44(35-18-6-2-7-19-35)53-52(54-45)36-20-8-3-9-21-36/h1-4,6-16,18-29,31-33,37H,5,17,30H2. The lowest BCUT2D eigenvalue weighted by molar-refractivity contribution is 0.720.